The molecule has 2 atom stereocenters. The summed E-state index contributed by atoms with van der Waals surface area (Å²) in [6.45, 7) is 8.54. The topological polar surface area (TPSA) is 50.3 Å². The van der Waals surface area contributed by atoms with E-state index in [1.165, 1.54) is 16.7 Å². The first kappa shape index (κ1) is 18.7. The Hall–Kier alpha value is -2.66. The molecule has 4 rings (SSSR count). The van der Waals surface area contributed by atoms with E-state index in [9.17, 15) is 0 Å². The van der Waals surface area contributed by atoms with Gasteiger partial charge in [-0.2, -0.15) is 5.10 Å². The minimum absolute atomic E-state index is 0.132. The molecule has 1 fully saturated rings. The number of likely N-dealkylation sites (tertiary alicyclic amines) is 1. The largest absolute Gasteiger partial charge is 0.489 e. The van der Waals surface area contributed by atoms with Crippen molar-refractivity contribution < 1.29 is 4.74 Å². The lowest BCUT2D eigenvalue weighted by atomic mass is 9.98. The monoisotopic (exact) mass is 376 g/mol. The molecular weight excluding hydrogens is 348 g/mol. The van der Waals surface area contributed by atoms with Gasteiger partial charge in [0.15, 0.2) is 5.82 Å². The number of rotatable bonds is 5. The molecule has 1 aromatic heterocycles. The lowest BCUT2D eigenvalue weighted by Crippen LogP contribution is -2.21. The molecule has 2 heterocycles. The quantitative estimate of drug-likeness (QED) is 0.710. The maximum atomic E-state index is 6.22. The van der Waals surface area contributed by atoms with Crippen LogP contribution in [0.15, 0.2) is 42.6 Å². The van der Waals surface area contributed by atoms with Crippen LogP contribution < -0.4 is 10.1 Å². The molecule has 0 radical (unpaired) electrons. The average Bonchev–Trinajstić information content (AvgIpc) is 3.09. The number of likely N-dealkylation sites (N-methyl/N-ethyl adjacent to an activating group) is 1. The first-order valence-corrected chi connectivity index (χ1v) is 9.94. The predicted molar refractivity (Wildman–Crippen MR) is 114 cm³/mol. The van der Waals surface area contributed by atoms with Gasteiger partial charge in [-0.3, -0.25) is 0 Å². The van der Waals surface area contributed by atoms with Gasteiger partial charge >= 0.3 is 0 Å². The fourth-order valence-corrected chi connectivity index (χ4v) is 3.94. The number of anilines is 1. The van der Waals surface area contributed by atoms with Crippen molar-refractivity contribution in [3.8, 4) is 5.75 Å². The highest BCUT2D eigenvalue weighted by molar-refractivity contribution is 5.92. The molecule has 0 aliphatic carbocycles. The number of aryl methyl sites for hydroxylation is 1. The molecule has 146 valence electrons. The number of ether oxygens (including phenoxy) is 1. The lowest BCUT2D eigenvalue weighted by molar-refractivity contribution is 0.208. The van der Waals surface area contributed by atoms with E-state index in [1.807, 2.05) is 6.07 Å². The van der Waals surface area contributed by atoms with Gasteiger partial charge in [-0.05, 0) is 69.1 Å². The Morgan fingerprint density at radius 1 is 1.21 bits per heavy atom. The molecule has 0 amide bonds. The number of aromatic nitrogens is 2. The van der Waals surface area contributed by atoms with E-state index < -0.39 is 0 Å². The number of hydrogen-bond acceptors (Lipinski definition) is 5. The summed E-state index contributed by atoms with van der Waals surface area (Å²) in [5.74, 6) is 1.68. The maximum Gasteiger partial charge on any atom is 0.157 e. The zero-order chi connectivity index (χ0) is 19.7. The fourth-order valence-electron chi connectivity index (χ4n) is 3.94. The van der Waals surface area contributed by atoms with E-state index in [2.05, 4.69) is 78.6 Å². The molecule has 5 heteroatoms. The van der Waals surface area contributed by atoms with Crippen molar-refractivity contribution in [1.29, 1.82) is 0 Å². The second-order valence-corrected chi connectivity index (χ2v) is 7.89. The molecule has 1 saturated heterocycles. The van der Waals surface area contributed by atoms with Crippen molar-refractivity contribution in [2.45, 2.75) is 39.3 Å². The molecule has 28 heavy (non-hydrogen) atoms. The zero-order valence-corrected chi connectivity index (χ0v) is 17.1. The Morgan fingerprint density at radius 3 is 2.86 bits per heavy atom. The summed E-state index contributed by atoms with van der Waals surface area (Å²) < 4.78 is 6.22. The van der Waals surface area contributed by atoms with E-state index in [4.69, 9.17) is 4.74 Å². The average molecular weight is 377 g/mol. The van der Waals surface area contributed by atoms with Crippen LogP contribution in [0.25, 0.3) is 10.8 Å². The Bertz CT molecular complexity index is 987. The summed E-state index contributed by atoms with van der Waals surface area (Å²) in [5.41, 5.74) is 3.89. The summed E-state index contributed by atoms with van der Waals surface area (Å²) in [6.07, 6.45) is 3.12. The highest BCUT2D eigenvalue weighted by Gasteiger charge is 2.21. The van der Waals surface area contributed by atoms with Gasteiger partial charge in [0.1, 0.15) is 11.9 Å². The smallest absolute Gasteiger partial charge is 0.157 e. The van der Waals surface area contributed by atoms with Gasteiger partial charge in [-0.1, -0.05) is 18.2 Å². The Balaban J connectivity index is 1.61. The van der Waals surface area contributed by atoms with Crippen LogP contribution in [0.4, 0.5) is 5.82 Å². The maximum absolute atomic E-state index is 6.22. The van der Waals surface area contributed by atoms with Crippen LogP contribution in [-0.4, -0.2) is 41.3 Å². The standard InChI is InChI=1S/C23H28N4O/c1-15-6-5-7-21(16(15)2)17(3)25-23-22-12-19(9-8-18(22)13-24-26-23)28-20-10-11-27(4)14-20/h5-9,12-13,17,20H,10-11,14H2,1-4H3,(H,25,26)/t17-,20?/m1/s1. The van der Waals surface area contributed by atoms with Gasteiger partial charge in [0, 0.05) is 23.9 Å². The van der Waals surface area contributed by atoms with Crippen molar-refractivity contribution in [3.05, 3.63) is 59.3 Å². The first-order chi connectivity index (χ1) is 13.5. The molecule has 1 aliphatic heterocycles. The molecule has 5 nitrogen and oxygen atoms in total. The van der Waals surface area contributed by atoms with Gasteiger partial charge in [0.25, 0.3) is 0 Å². The van der Waals surface area contributed by atoms with E-state index in [1.54, 1.807) is 6.20 Å². The van der Waals surface area contributed by atoms with Crippen molar-refractivity contribution in [2.24, 2.45) is 0 Å². The summed E-state index contributed by atoms with van der Waals surface area (Å²) in [6, 6.07) is 12.7. The second kappa shape index (κ2) is 7.76. The van der Waals surface area contributed by atoms with Gasteiger partial charge in [0.05, 0.1) is 12.2 Å². The number of fused-ring (bicyclic) bond motifs is 1. The van der Waals surface area contributed by atoms with E-state index in [0.717, 1.165) is 41.9 Å². The first-order valence-electron chi connectivity index (χ1n) is 9.94. The van der Waals surface area contributed by atoms with Crippen LogP contribution in [0.2, 0.25) is 0 Å². The van der Waals surface area contributed by atoms with Crippen LogP contribution in [0.3, 0.4) is 0 Å². The third-order valence-corrected chi connectivity index (χ3v) is 5.75. The van der Waals surface area contributed by atoms with Gasteiger partial charge in [0.2, 0.25) is 0 Å². The molecular formula is C23H28N4O. The van der Waals surface area contributed by atoms with Crippen LogP contribution in [0, 0.1) is 13.8 Å². The van der Waals surface area contributed by atoms with Crippen LogP contribution in [0.1, 0.15) is 36.1 Å². The van der Waals surface area contributed by atoms with Crippen molar-refractivity contribution in [3.63, 3.8) is 0 Å². The van der Waals surface area contributed by atoms with Gasteiger partial charge < -0.3 is 15.0 Å². The van der Waals surface area contributed by atoms with E-state index >= 15 is 0 Å². The fraction of sp³-hybridized carbons (Fsp3) is 0.391. The zero-order valence-electron chi connectivity index (χ0n) is 17.1. The molecule has 0 saturated carbocycles. The normalized spacial score (nSPS) is 18.4. The highest BCUT2D eigenvalue weighted by atomic mass is 16.5. The van der Waals surface area contributed by atoms with E-state index in [-0.39, 0.29) is 12.1 Å². The van der Waals surface area contributed by atoms with Crippen molar-refractivity contribution in [1.82, 2.24) is 15.1 Å². The predicted octanol–water partition coefficient (Wildman–Crippen LogP) is 4.50. The van der Waals surface area contributed by atoms with Crippen LogP contribution in [-0.2, 0) is 0 Å². The molecule has 1 aliphatic rings. The van der Waals surface area contributed by atoms with Crippen LogP contribution in [0.5, 0.6) is 5.75 Å². The lowest BCUT2D eigenvalue weighted by Gasteiger charge is -2.19. The van der Waals surface area contributed by atoms with Gasteiger partial charge in [-0.25, -0.2) is 0 Å². The van der Waals surface area contributed by atoms with Crippen molar-refractivity contribution >= 4 is 16.6 Å². The Kier molecular flexibility index (Phi) is 5.18. The highest BCUT2D eigenvalue weighted by Crippen LogP contribution is 2.30. The van der Waals surface area contributed by atoms with Crippen LogP contribution >= 0.6 is 0 Å². The summed E-state index contributed by atoms with van der Waals surface area (Å²) in [7, 11) is 2.13. The number of hydrogen-bond donors (Lipinski definition) is 1. The second-order valence-electron chi connectivity index (χ2n) is 7.89. The number of benzene rings is 2. The Labute approximate surface area is 166 Å². The minimum Gasteiger partial charge on any atom is -0.489 e. The molecule has 0 bridgehead atoms. The molecule has 0 spiro atoms. The SMILES string of the molecule is Cc1cccc([C@@H](C)Nc2nncc3ccc(OC4CCN(C)C4)cc23)c1C. The summed E-state index contributed by atoms with van der Waals surface area (Å²) >= 11 is 0. The molecule has 1 N–H and O–H groups in total. The molecule has 2 aromatic carbocycles. The number of nitrogens with one attached hydrogen (secondary N) is 1. The number of nitrogens with zero attached hydrogens (tertiary/aromatic N) is 3. The third-order valence-electron chi connectivity index (χ3n) is 5.75. The van der Waals surface area contributed by atoms with E-state index in [0.29, 0.717) is 0 Å². The Morgan fingerprint density at radius 2 is 2.07 bits per heavy atom. The molecule has 3 aromatic rings. The molecule has 1 unspecified atom stereocenters. The summed E-state index contributed by atoms with van der Waals surface area (Å²) in [5, 5.41) is 14.2. The third kappa shape index (κ3) is 3.80. The van der Waals surface area contributed by atoms with Crippen molar-refractivity contribution in [2.75, 3.05) is 25.5 Å². The minimum atomic E-state index is 0.132. The summed E-state index contributed by atoms with van der Waals surface area (Å²) in [4.78, 5) is 2.30. The van der Waals surface area contributed by atoms with Gasteiger partial charge in [-0.15, -0.1) is 5.10 Å².